The van der Waals surface area contributed by atoms with E-state index in [9.17, 15) is 8.78 Å². The first kappa shape index (κ1) is 20.6. The summed E-state index contributed by atoms with van der Waals surface area (Å²) in [6, 6.07) is 7.22. The molecular formula is C20H20F2N8OS. The number of aromatic nitrogens is 6. The summed E-state index contributed by atoms with van der Waals surface area (Å²) < 4.78 is 32.6. The fraction of sp³-hybridized carbons (Fsp3) is 0.350. The first-order valence-electron chi connectivity index (χ1n) is 10.1. The molecule has 9 nitrogen and oxygen atoms in total. The van der Waals surface area contributed by atoms with Gasteiger partial charge in [-0.2, -0.15) is 8.78 Å². The van der Waals surface area contributed by atoms with Gasteiger partial charge < -0.3 is 15.1 Å². The maximum absolute atomic E-state index is 12.8. The van der Waals surface area contributed by atoms with Crippen LogP contribution in [0.25, 0.3) is 22.0 Å². The molecule has 0 amide bonds. The van der Waals surface area contributed by atoms with Gasteiger partial charge in [-0.1, -0.05) is 5.21 Å². The lowest BCUT2D eigenvalue weighted by atomic mass is 10.2. The molecule has 1 aliphatic rings. The zero-order valence-corrected chi connectivity index (χ0v) is 17.8. The molecule has 0 radical (unpaired) electrons. The highest BCUT2D eigenvalue weighted by atomic mass is 32.1. The van der Waals surface area contributed by atoms with Crippen molar-refractivity contribution in [2.75, 3.05) is 25.4 Å². The molecular weight excluding hydrogens is 438 g/mol. The molecule has 0 bridgehead atoms. The number of nitrogens with zero attached hydrogens (tertiary/aromatic N) is 7. The molecule has 1 unspecified atom stereocenters. The molecule has 32 heavy (non-hydrogen) atoms. The van der Waals surface area contributed by atoms with Crippen LogP contribution in [-0.4, -0.2) is 54.7 Å². The Morgan fingerprint density at radius 3 is 2.66 bits per heavy atom. The van der Waals surface area contributed by atoms with Gasteiger partial charge in [0.2, 0.25) is 0 Å². The van der Waals surface area contributed by atoms with Gasteiger partial charge in [-0.15, -0.1) is 26.6 Å². The molecule has 1 aliphatic heterocycles. The van der Waals surface area contributed by atoms with E-state index < -0.39 is 12.3 Å². The van der Waals surface area contributed by atoms with Crippen LogP contribution in [0, 0.1) is 0 Å². The Bertz CT molecular complexity index is 1180. The zero-order valence-electron chi connectivity index (χ0n) is 16.9. The molecule has 4 aromatic rings. The van der Waals surface area contributed by atoms with E-state index in [0.717, 1.165) is 30.1 Å². The minimum absolute atomic E-state index is 0.0868. The first-order chi connectivity index (χ1) is 15.6. The number of alkyl halides is 2. The fourth-order valence-corrected chi connectivity index (χ4v) is 4.72. The monoisotopic (exact) mass is 458 g/mol. The Morgan fingerprint density at radius 1 is 1.09 bits per heavy atom. The molecule has 5 rings (SSSR count). The maximum atomic E-state index is 12.8. The lowest BCUT2D eigenvalue weighted by Gasteiger charge is -2.22. The van der Waals surface area contributed by atoms with E-state index in [1.807, 2.05) is 29.1 Å². The van der Waals surface area contributed by atoms with Gasteiger partial charge >= 0.3 is 6.43 Å². The van der Waals surface area contributed by atoms with Crippen LogP contribution in [0.1, 0.15) is 36.1 Å². The Morgan fingerprint density at radius 2 is 1.94 bits per heavy atom. The summed E-state index contributed by atoms with van der Waals surface area (Å²) in [4.78, 5) is 8.14. The highest BCUT2D eigenvalue weighted by Gasteiger charge is 2.25. The van der Waals surface area contributed by atoms with Gasteiger partial charge in [0.05, 0.1) is 11.1 Å². The molecule has 0 spiro atoms. The molecule has 0 aromatic carbocycles. The largest absolute Gasteiger partial charge is 0.414 e. The third kappa shape index (κ3) is 4.23. The number of pyridine rings is 1. The van der Waals surface area contributed by atoms with Gasteiger partial charge in [0.1, 0.15) is 17.6 Å². The topological polar surface area (TPSA) is 112 Å². The smallest absolute Gasteiger partial charge is 0.314 e. The Labute approximate surface area is 185 Å². The predicted molar refractivity (Wildman–Crippen MR) is 114 cm³/mol. The average molecular weight is 458 g/mol. The molecule has 166 valence electrons. The number of hydrogen-bond donors (Lipinski definition) is 1. The van der Waals surface area contributed by atoms with Crippen molar-refractivity contribution in [2.24, 2.45) is 0 Å². The van der Waals surface area contributed by atoms with Crippen molar-refractivity contribution in [3.05, 3.63) is 47.4 Å². The number of anilines is 1. The third-order valence-corrected chi connectivity index (χ3v) is 6.51. The van der Waals surface area contributed by atoms with Gasteiger partial charge in [-0.3, -0.25) is 0 Å². The molecule has 5 heterocycles. The molecule has 1 saturated heterocycles. The van der Waals surface area contributed by atoms with E-state index in [1.54, 1.807) is 12.3 Å². The van der Waals surface area contributed by atoms with E-state index >= 15 is 0 Å². The van der Waals surface area contributed by atoms with Crippen LogP contribution < -0.4 is 5.73 Å². The maximum Gasteiger partial charge on any atom is 0.314 e. The van der Waals surface area contributed by atoms with Gasteiger partial charge in [0, 0.05) is 23.2 Å². The van der Waals surface area contributed by atoms with E-state index in [1.165, 1.54) is 24.2 Å². The van der Waals surface area contributed by atoms with Crippen LogP contribution in [0.15, 0.2) is 41.1 Å². The summed E-state index contributed by atoms with van der Waals surface area (Å²) in [6.07, 6.45) is 3.09. The van der Waals surface area contributed by atoms with E-state index in [-0.39, 0.29) is 11.9 Å². The van der Waals surface area contributed by atoms with Crippen molar-refractivity contribution in [2.45, 2.75) is 25.3 Å². The summed E-state index contributed by atoms with van der Waals surface area (Å²) in [7, 11) is 0. The van der Waals surface area contributed by atoms with Gasteiger partial charge in [0.25, 0.3) is 11.8 Å². The predicted octanol–water partition coefficient (Wildman–Crippen LogP) is 3.66. The second-order valence-corrected chi connectivity index (χ2v) is 8.64. The van der Waals surface area contributed by atoms with Crippen LogP contribution >= 0.6 is 11.3 Å². The number of nitrogen functional groups attached to an aromatic ring is 1. The molecule has 4 aromatic heterocycles. The molecule has 0 saturated carbocycles. The van der Waals surface area contributed by atoms with Crippen molar-refractivity contribution in [1.82, 2.24) is 35.1 Å². The summed E-state index contributed by atoms with van der Waals surface area (Å²) in [5, 5.41) is 15.9. The van der Waals surface area contributed by atoms with Crippen molar-refractivity contribution in [1.29, 1.82) is 0 Å². The normalized spacial score (nSPS) is 15.6. The molecule has 1 fully saturated rings. The number of nitrogens with two attached hydrogens (primary N) is 1. The van der Waals surface area contributed by atoms with E-state index in [2.05, 4.69) is 30.4 Å². The second kappa shape index (κ2) is 8.71. The Hall–Kier alpha value is -3.25. The van der Waals surface area contributed by atoms with Crippen LogP contribution in [0.2, 0.25) is 0 Å². The van der Waals surface area contributed by atoms with Gasteiger partial charge in [-0.05, 0) is 50.2 Å². The van der Waals surface area contributed by atoms with Crippen molar-refractivity contribution < 1.29 is 13.2 Å². The minimum Gasteiger partial charge on any atom is -0.414 e. The average Bonchev–Trinajstić information content (AvgIpc) is 3.59. The van der Waals surface area contributed by atoms with E-state index in [0.29, 0.717) is 16.4 Å². The number of likely N-dealkylation sites (tertiary alicyclic amines) is 1. The fourth-order valence-electron chi connectivity index (χ4n) is 3.70. The van der Waals surface area contributed by atoms with Crippen LogP contribution in [0.5, 0.6) is 0 Å². The van der Waals surface area contributed by atoms with Gasteiger partial charge in [-0.25, -0.2) is 9.67 Å². The first-order valence-corrected chi connectivity index (χ1v) is 11.0. The number of halogens is 2. The zero-order chi connectivity index (χ0) is 22.1. The number of hydrogen-bond acceptors (Lipinski definition) is 9. The SMILES string of the molecule is Nc1ccc(-c2cn(C(CN3CCCC3)c3ccc(-c4nnc(C(F)F)o4)s3)nn2)cn1. The van der Waals surface area contributed by atoms with Crippen molar-refractivity contribution in [3.8, 4) is 22.0 Å². The van der Waals surface area contributed by atoms with Crippen molar-refractivity contribution >= 4 is 17.2 Å². The van der Waals surface area contributed by atoms with E-state index in [4.69, 9.17) is 10.2 Å². The molecule has 2 N–H and O–H groups in total. The minimum atomic E-state index is -2.80. The molecule has 1 atom stereocenters. The van der Waals surface area contributed by atoms with Crippen LogP contribution in [0.4, 0.5) is 14.6 Å². The Kier molecular flexibility index (Phi) is 5.62. The molecule has 12 heteroatoms. The van der Waals surface area contributed by atoms with Crippen molar-refractivity contribution in [3.63, 3.8) is 0 Å². The quantitative estimate of drug-likeness (QED) is 0.447. The number of rotatable bonds is 7. The van der Waals surface area contributed by atoms with Crippen LogP contribution in [0.3, 0.4) is 0 Å². The lowest BCUT2D eigenvalue weighted by Crippen LogP contribution is -2.29. The van der Waals surface area contributed by atoms with Gasteiger partial charge in [0.15, 0.2) is 0 Å². The second-order valence-electron chi connectivity index (χ2n) is 7.53. The summed E-state index contributed by atoms with van der Waals surface area (Å²) in [5.74, 6) is -0.152. The Balaban J connectivity index is 1.45. The number of thiophene rings is 1. The third-order valence-electron chi connectivity index (χ3n) is 5.33. The highest BCUT2D eigenvalue weighted by Crippen LogP contribution is 2.34. The summed E-state index contributed by atoms with van der Waals surface area (Å²) in [5.41, 5.74) is 7.19. The van der Waals surface area contributed by atoms with Crippen LogP contribution in [-0.2, 0) is 0 Å². The lowest BCUT2D eigenvalue weighted by molar-refractivity contribution is 0.116. The summed E-state index contributed by atoms with van der Waals surface area (Å²) in [6.45, 7) is 2.81. The standard InChI is InChI=1S/C20H20F2N8OS/c21-18(22)20-27-26-19(31-20)16-5-4-15(32-16)14(11-29-7-1-2-8-29)30-10-13(25-28-30)12-3-6-17(23)24-9-12/h3-6,9-10,14,18H,1-2,7-8,11H2,(H2,23,24). The highest BCUT2D eigenvalue weighted by molar-refractivity contribution is 7.15. The molecule has 0 aliphatic carbocycles. The summed E-state index contributed by atoms with van der Waals surface area (Å²) >= 11 is 1.42.